The van der Waals surface area contributed by atoms with Gasteiger partial charge in [-0.1, -0.05) is 95.8 Å². The fourth-order valence-electron chi connectivity index (χ4n) is 6.37. The molecule has 7 rings (SSSR count). The zero-order valence-electron chi connectivity index (χ0n) is 23.8. The zero-order chi connectivity index (χ0) is 27.1. The number of rotatable bonds is 2. The maximum absolute atomic E-state index is 5.06. The third-order valence-electron chi connectivity index (χ3n) is 7.86. The molecule has 0 N–H and O–H groups in total. The Labute approximate surface area is 235 Å². The molecule has 0 atom stereocenters. The van der Waals surface area contributed by atoms with Gasteiger partial charge < -0.3 is 0 Å². The summed E-state index contributed by atoms with van der Waals surface area (Å²) in [5.41, 5.74) is 5.69. The molecule has 0 amide bonds. The fraction of sp³-hybridized carbons (Fsp3) is 0.270. The zero-order valence-corrected chi connectivity index (χ0v) is 24.6. The van der Waals surface area contributed by atoms with Crippen LogP contribution in [0.2, 0.25) is 0 Å². The number of nitrogens with zero attached hydrogens (tertiary/aromatic N) is 1. The van der Waals surface area contributed by atoms with Crippen molar-refractivity contribution in [1.82, 2.24) is 4.98 Å². The number of aromatic nitrogens is 1. The van der Waals surface area contributed by atoms with E-state index in [1.165, 1.54) is 69.6 Å². The van der Waals surface area contributed by atoms with Crippen LogP contribution >= 0.6 is 11.8 Å². The Kier molecular flexibility index (Phi) is 5.42. The Hall–Kier alpha value is -3.36. The lowest BCUT2D eigenvalue weighted by Crippen LogP contribution is -2.12. The van der Waals surface area contributed by atoms with Crippen LogP contribution in [-0.4, -0.2) is 4.98 Å². The maximum Gasteiger partial charge on any atom is 0.0803 e. The van der Waals surface area contributed by atoms with Crippen LogP contribution in [0.15, 0.2) is 88.8 Å². The summed E-state index contributed by atoms with van der Waals surface area (Å²) in [6.45, 7) is 14.0. The first-order valence-corrected chi connectivity index (χ1v) is 14.9. The molecule has 0 bridgehead atoms. The van der Waals surface area contributed by atoms with Crippen molar-refractivity contribution in [2.24, 2.45) is 10.8 Å². The Morgan fingerprint density at radius 3 is 2.13 bits per heavy atom. The Balaban J connectivity index is 1.54. The molecular formula is C37H35NS. The lowest BCUT2D eigenvalue weighted by Gasteiger charge is -2.27. The molecule has 1 aliphatic heterocycles. The molecule has 0 saturated heterocycles. The molecule has 1 nitrogen and oxygen atoms in total. The Morgan fingerprint density at radius 2 is 1.38 bits per heavy atom. The van der Waals surface area contributed by atoms with Gasteiger partial charge in [-0.15, -0.1) is 0 Å². The highest BCUT2D eigenvalue weighted by Crippen LogP contribution is 2.52. The number of pyridine rings is 1. The van der Waals surface area contributed by atoms with Crippen molar-refractivity contribution >= 4 is 54.9 Å². The molecule has 39 heavy (non-hydrogen) atoms. The topological polar surface area (TPSA) is 12.9 Å². The van der Waals surface area contributed by atoms with E-state index >= 15 is 0 Å². The fourth-order valence-corrected chi connectivity index (χ4v) is 7.66. The molecule has 0 unspecified atom stereocenters. The van der Waals surface area contributed by atoms with Crippen LogP contribution in [0.25, 0.3) is 54.3 Å². The van der Waals surface area contributed by atoms with E-state index in [-0.39, 0.29) is 10.8 Å². The van der Waals surface area contributed by atoms with Crippen LogP contribution < -0.4 is 0 Å². The van der Waals surface area contributed by atoms with Gasteiger partial charge in [0.25, 0.3) is 0 Å². The minimum absolute atomic E-state index is 0.167. The first-order chi connectivity index (χ1) is 18.5. The van der Waals surface area contributed by atoms with Crippen molar-refractivity contribution < 1.29 is 0 Å². The summed E-state index contributed by atoms with van der Waals surface area (Å²) in [4.78, 5) is 7.77. The van der Waals surface area contributed by atoms with Crippen LogP contribution in [-0.2, 0) is 12.8 Å². The highest BCUT2D eigenvalue weighted by Gasteiger charge is 2.27. The smallest absolute Gasteiger partial charge is 0.0803 e. The lowest BCUT2D eigenvalue weighted by atomic mass is 9.84. The highest BCUT2D eigenvalue weighted by molar-refractivity contribution is 8.00. The van der Waals surface area contributed by atoms with Crippen molar-refractivity contribution in [3.8, 4) is 11.3 Å². The van der Waals surface area contributed by atoms with E-state index in [1.54, 1.807) is 0 Å². The first kappa shape index (κ1) is 24.7. The highest BCUT2D eigenvalue weighted by atomic mass is 32.2. The van der Waals surface area contributed by atoms with Crippen LogP contribution in [0, 0.1) is 10.8 Å². The van der Waals surface area contributed by atoms with Gasteiger partial charge in [0.15, 0.2) is 0 Å². The van der Waals surface area contributed by atoms with E-state index in [0.717, 1.165) is 18.5 Å². The molecule has 0 radical (unpaired) electrons. The predicted molar refractivity (Wildman–Crippen MR) is 170 cm³/mol. The van der Waals surface area contributed by atoms with Crippen molar-refractivity contribution in [3.63, 3.8) is 0 Å². The monoisotopic (exact) mass is 525 g/mol. The van der Waals surface area contributed by atoms with Gasteiger partial charge in [0.1, 0.15) is 0 Å². The normalized spacial score (nSPS) is 13.5. The molecule has 1 aliphatic rings. The Bertz CT molecular complexity index is 1950. The lowest BCUT2D eigenvalue weighted by molar-refractivity contribution is 0.410. The summed E-state index contributed by atoms with van der Waals surface area (Å²) in [6.07, 6.45) is 4.11. The van der Waals surface area contributed by atoms with Gasteiger partial charge in [-0.3, -0.25) is 4.98 Å². The third-order valence-corrected chi connectivity index (χ3v) is 9.07. The predicted octanol–water partition coefficient (Wildman–Crippen LogP) is 11.0. The minimum atomic E-state index is 0.167. The van der Waals surface area contributed by atoms with E-state index in [1.807, 2.05) is 18.0 Å². The van der Waals surface area contributed by atoms with Gasteiger partial charge in [0, 0.05) is 26.9 Å². The molecule has 6 aromatic rings. The van der Waals surface area contributed by atoms with Gasteiger partial charge in [-0.05, 0) is 103 Å². The SMILES string of the molecule is CC(C)(C)Cc1ccc2cc3c4c(nccc4c2c1)-c1cc2cc4ccccc4cc2c(CC(C)(C)C)c1S3. The van der Waals surface area contributed by atoms with Crippen molar-refractivity contribution in [1.29, 1.82) is 0 Å². The Morgan fingerprint density at radius 1 is 0.641 bits per heavy atom. The standard InChI is InChI=1S/C37H35NS/c1-36(2,3)20-22-11-12-25-19-32-33-27(28(25)15-22)13-14-38-34(33)30-18-26-16-23-9-7-8-10-24(23)17-29(26)31(35(30)39-32)21-37(4,5)6/h7-19H,20-21H2,1-6H3. The van der Waals surface area contributed by atoms with E-state index in [4.69, 9.17) is 4.98 Å². The molecule has 0 spiro atoms. The van der Waals surface area contributed by atoms with Crippen LogP contribution in [0.4, 0.5) is 0 Å². The molecule has 5 aromatic carbocycles. The van der Waals surface area contributed by atoms with Crippen LogP contribution in [0.5, 0.6) is 0 Å². The maximum atomic E-state index is 5.06. The molecule has 194 valence electrons. The molecule has 0 aliphatic carbocycles. The molecule has 1 aromatic heterocycles. The summed E-state index contributed by atoms with van der Waals surface area (Å²) < 4.78 is 0. The average molecular weight is 526 g/mol. The molecule has 0 fully saturated rings. The second-order valence-electron chi connectivity index (χ2n) is 13.7. The van der Waals surface area contributed by atoms with Gasteiger partial charge in [0.2, 0.25) is 0 Å². The number of hydrogen-bond acceptors (Lipinski definition) is 2. The summed E-state index contributed by atoms with van der Waals surface area (Å²) in [7, 11) is 0. The summed E-state index contributed by atoms with van der Waals surface area (Å²) in [6, 6.07) is 27.6. The van der Waals surface area contributed by atoms with Gasteiger partial charge >= 0.3 is 0 Å². The van der Waals surface area contributed by atoms with Crippen molar-refractivity contribution in [2.45, 2.75) is 64.2 Å². The number of benzene rings is 5. The average Bonchev–Trinajstić information content (AvgIpc) is 2.87. The summed E-state index contributed by atoms with van der Waals surface area (Å²) >= 11 is 1.95. The first-order valence-electron chi connectivity index (χ1n) is 14.1. The van der Waals surface area contributed by atoms with E-state index in [9.17, 15) is 0 Å². The quantitative estimate of drug-likeness (QED) is 0.164. The molecule has 0 saturated carbocycles. The van der Waals surface area contributed by atoms with E-state index < -0.39 is 0 Å². The van der Waals surface area contributed by atoms with Crippen molar-refractivity contribution in [3.05, 3.63) is 90.1 Å². The summed E-state index contributed by atoms with van der Waals surface area (Å²) in [5, 5.41) is 10.5. The van der Waals surface area contributed by atoms with Crippen LogP contribution in [0.3, 0.4) is 0 Å². The van der Waals surface area contributed by atoms with Gasteiger partial charge in [0.05, 0.1) is 5.69 Å². The van der Waals surface area contributed by atoms with E-state index in [2.05, 4.69) is 114 Å². The second kappa shape index (κ2) is 8.57. The van der Waals surface area contributed by atoms with Crippen LogP contribution in [0.1, 0.15) is 52.7 Å². The molecule has 2 heteroatoms. The third kappa shape index (κ3) is 4.30. The number of fused-ring (bicyclic) bond motifs is 6. The molecule has 2 heterocycles. The minimum Gasteiger partial charge on any atom is -0.256 e. The van der Waals surface area contributed by atoms with E-state index in [0.29, 0.717) is 0 Å². The largest absolute Gasteiger partial charge is 0.256 e. The van der Waals surface area contributed by atoms with Gasteiger partial charge in [-0.25, -0.2) is 0 Å². The van der Waals surface area contributed by atoms with Gasteiger partial charge in [-0.2, -0.15) is 0 Å². The summed E-state index contributed by atoms with van der Waals surface area (Å²) in [5.74, 6) is 0. The second-order valence-corrected chi connectivity index (χ2v) is 14.8. The molecular weight excluding hydrogens is 490 g/mol. The number of hydrogen-bond donors (Lipinski definition) is 0. The van der Waals surface area contributed by atoms with Crippen molar-refractivity contribution in [2.75, 3.05) is 0 Å².